The van der Waals surface area contributed by atoms with Crippen molar-refractivity contribution in [1.82, 2.24) is 4.98 Å². The van der Waals surface area contributed by atoms with Gasteiger partial charge in [0.05, 0.1) is 12.7 Å². The Labute approximate surface area is 106 Å². The first kappa shape index (κ1) is 15.9. The number of hydrogen-bond acceptors (Lipinski definition) is 4. The van der Waals surface area contributed by atoms with Crippen molar-refractivity contribution in [3.8, 4) is 5.75 Å². The molecule has 0 aliphatic heterocycles. The van der Waals surface area contributed by atoms with E-state index in [0.29, 0.717) is 0 Å². The molecule has 1 heterocycles. The molecule has 0 aromatic carbocycles. The van der Waals surface area contributed by atoms with Gasteiger partial charge in [-0.2, -0.15) is 13.2 Å². The van der Waals surface area contributed by atoms with Crippen LogP contribution >= 0.6 is 0 Å². The lowest BCUT2D eigenvalue weighted by molar-refractivity contribution is -0.275. The normalized spacial score (nSPS) is 12.2. The molecular weight excluding hydrogens is 300 g/mol. The third kappa shape index (κ3) is 3.65. The number of H-pyrrole nitrogens is 1. The number of pyridine rings is 1. The summed E-state index contributed by atoms with van der Waals surface area (Å²) in [5, 5.41) is 0. The molecule has 1 aromatic rings. The van der Waals surface area contributed by atoms with E-state index in [-0.39, 0.29) is 6.07 Å². The number of nitrogens with one attached hydrogen (secondary N) is 1. The number of esters is 1. The van der Waals surface area contributed by atoms with Crippen molar-refractivity contribution in [3.05, 3.63) is 27.7 Å². The van der Waals surface area contributed by atoms with E-state index in [0.717, 1.165) is 12.1 Å². The smallest absolute Gasteiger partial charge is 0.465 e. The van der Waals surface area contributed by atoms with Gasteiger partial charge in [-0.25, -0.2) is 4.79 Å². The molecule has 1 rings (SSSR count). The van der Waals surface area contributed by atoms with Crippen LogP contribution in [0, 0.1) is 0 Å². The van der Waals surface area contributed by atoms with E-state index in [1.54, 1.807) is 0 Å². The molecule has 1 N–H and O–H groups in total. The average Bonchev–Trinajstić information content (AvgIpc) is 2.27. The van der Waals surface area contributed by atoms with Crippen LogP contribution in [-0.2, 0) is 10.9 Å². The summed E-state index contributed by atoms with van der Waals surface area (Å²) in [5.41, 5.74) is -4.93. The zero-order chi connectivity index (χ0) is 15.7. The molecule has 0 bridgehead atoms. The maximum Gasteiger partial charge on any atom is 0.573 e. The lowest BCUT2D eigenvalue weighted by Crippen LogP contribution is -2.27. The number of aromatic amines is 1. The number of rotatable bonds is 2. The standard InChI is InChI=1S/C9H5F6NO4/c1-19-7(18)3-2-4(20-9(13,14)15)6(17)16-5(3)8(10,11)12/h2H,1H3,(H,16,17). The van der Waals surface area contributed by atoms with Crippen LogP contribution in [0.25, 0.3) is 0 Å². The van der Waals surface area contributed by atoms with Gasteiger partial charge in [-0.15, -0.1) is 13.2 Å². The minimum atomic E-state index is -5.31. The second-order valence-corrected chi connectivity index (χ2v) is 3.29. The number of hydrogen-bond donors (Lipinski definition) is 1. The summed E-state index contributed by atoms with van der Waals surface area (Å²) in [6, 6.07) is 0.0149. The van der Waals surface area contributed by atoms with E-state index >= 15 is 0 Å². The molecule has 0 unspecified atom stereocenters. The highest BCUT2D eigenvalue weighted by molar-refractivity contribution is 5.91. The maximum absolute atomic E-state index is 12.6. The lowest BCUT2D eigenvalue weighted by atomic mass is 10.2. The van der Waals surface area contributed by atoms with E-state index in [4.69, 9.17) is 0 Å². The predicted molar refractivity (Wildman–Crippen MR) is 50.1 cm³/mol. The number of carbonyl (C=O) groups excluding carboxylic acids is 1. The summed E-state index contributed by atoms with van der Waals surface area (Å²) in [6.45, 7) is 0. The highest BCUT2D eigenvalue weighted by Crippen LogP contribution is 2.31. The van der Waals surface area contributed by atoms with Crippen molar-refractivity contribution in [2.45, 2.75) is 12.5 Å². The largest absolute Gasteiger partial charge is 0.573 e. The molecule has 1 aromatic heterocycles. The summed E-state index contributed by atoms with van der Waals surface area (Å²) in [5.74, 6) is -3.09. The van der Waals surface area contributed by atoms with Gasteiger partial charge in [-0.05, 0) is 0 Å². The van der Waals surface area contributed by atoms with E-state index in [1.165, 1.54) is 0 Å². The van der Waals surface area contributed by atoms with Crippen molar-refractivity contribution < 1.29 is 40.6 Å². The molecule has 112 valence electrons. The van der Waals surface area contributed by atoms with Crippen LogP contribution in [0.5, 0.6) is 5.75 Å². The van der Waals surface area contributed by atoms with Gasteiger partial charge in [-0.3, -0.25) is 4.79 Å². The molecule has 5 nitrogen and oxygen atoms in total. The SMILES string of the molecule is COC(=O)c1cc(OC(F)(F)F)c(=O)[nH]c1C(F)(F)F. The molecule has 0 fully saturated rings. The Kier molecular flexibility index (Phi) is 4.01. The van der Waals surface area contributed by atoms with Gasteiger partial charge in [0.2, 0.25) is 0 Å². The lowest BCUT2D eigenvalue weighted by Gasteiger charge is -2.13. The first-order valence-electron chi connectivity index (χ1n) is 4.64. The number of aromatic nitrogens is 1. The monoisotopic (exact) mass is 305 g/mol. The van der Waals surface area contributed by atoms with Crippen molar-refractivity contribution >= 4 is 5.97 Å². The van der Waals surface area contributed by atoms with Crippen molar-refractivity contribution in [3.63, 3.8) is 0 Å². The number of alkyl halides is 6. The van der Waals surface area contributed by atoms with Crippen LogP contribution in [0.15, 0.2) is 10.9 Å². The number of ether oxygens (including phenoxy) is 2. The van der Waals surface area contributed by atoms with Crippen LogP contribution in [0.1, 0.15) is 16.1 Å². The highest BCUT2D eigenvalue weighted by atomic mass is 19.4. The summed E-state index contributed by atoms with van der Waals surface area (Å²) >= 11 is 0. The third-order valence-electron chi connectivity index (χ3n) is 1.92. The Morgan fingerprint density at radius 1 is 1.20 bits per heavy atom. The quantitative estimate of drug-likeness (QED) is 0.671. The second kappa shape index (κ2) is 5.06. The van der Waals surface area contributed by atoms with E-state index in [2.05, 4.69) is 9.47 Å². The summed E-state index contributed by atoms with van der Waals surface area (Å²) in [6.07, 6.45) is -10.5. The second-order valence-electron chi connectivity index (χ2n) is 3.29. The third-order valence-corrected chi connectivity index (χ3v) is 1.92. The van der Waals surface area contributed by atoms with E-state index in [1.807, 2.05) is 0 Å². The molecule has 0 saturated heterocycles. The number of carbonyl (C=O) groups is 1. The molecule has 11 heteroatoms. The van der Waals surface area contributed by atoms with Gasteiger partial charge < -0.3 is 14.5 Å². The van der Waals surface area contributed by atoms with Gasteiger partial charge in [0, 0.05) is 6.07 Å². The van der Waals surface area contributed by atoms with E-state index < -0.39 is 41.1 Å². The molecule has 0 radical (unpaired) electrons. The molecule has 0 atom stereocenters. The molecule has 0 aliphatic rings. The molecule has 0 saturated carbocycles. The van der Waals surface area contributed by atoms with Gasteiger partial charge in [-0.1, -0.05) is 0 Å². The first-order valence-corrected chi connectivity index (χ1v) is 4.64. The molecule has 0 spiro atoms. The first-order chi connectivity index (χ1) is 8.95. The van der Waals surface area contributed by atoms with Crippen molar-refractivity contribution in [1.29, 1.82) is 0 Å². The van der Waals surface area contributed by atoms with Gasteiger partial charge in [0.15, 0.2) is 5.75 Å². The van der Waals surface area contributed by atoms with Gasteiger partial charge in [0.25, 0.3) is 5.56 Å². The van der Waals surface area contributed by atoms with Crippen LogP contribution in [0.2, 0.25) is 0 Å². The molecule has 0 aliphatic carbocycles. The van der Waals surface area contributed by atoms with E-state index in [9.17, 15) is 35.9 Å². The molecule has 0 amide bonds. The van der Waals surface area contributed by atoms with Crippen molar-refractivity contribution in [2.75, 3.05) is 7.11 Å². The summed E-state index contributed by atoms with van der Waals surface area (Å²) in [4.78, 5) is 23.3. The minimum Gasteiger partial charge on any atom is -0.465 e. The topological polar surface area (TPSA) is 68.4 Å². The van der Waals surface area contributed by atoms with Crippen LogP contribution in [-0.4, -0.2) is 24.4 Å². The van der Waals surface area contributed by atoms with Crippen LogP contribution in [0.4, 0.5) is 26.3 Å². The zero-order valence-electron chi connectivity index (χ0n) is 9.48. The Bertz CT molecular complexity index is 573. The summed E-state index contributed by atoms with van der Waals surface area (Å²) < 4.78 is 80.7. The fourth-order valence-corrected chi connectivity index (χ4v) is 1.21. The Hall–Kier alpha value is -2.20. The zero-order valence-corrected chi connectivity index (χ0v) is 9.48. The van der Waals surface area contributed by atoms with Crippen LogP contribution < -0.4 is 10.3 Å². The van der Waals surface area contributed by atoms with Crippen LogP contribution in [0.3, 0.4) is 0 Å². The maximum atomic E-state index is 12.6. The van der Waals surface area contributed by atoms with Crippen molar-refractivity contribution in [2.24, 2.45) is 0 Å². The summed E-state index contributed by atoms with van der Waals surface area (Å²) in [7, 11) is 0.720. The fourth-order valence-electron chi connectivity index (χ4n) is 1.21. The Morgan fingerprint density at radius 3 is 2.15 bits per heavy atom. The van der Waals surface area contributed by atoms with Gasteiger partial charge in [0.1, 0.15) is 5.69 Å². The average molecular weight is 305 g/mol. The number of methoxy groups -OCH3 is 1. The predicted octanol–water partition coefficient (Wildman–Crippen LogP) is 2.08. The van der Waals surface area contributed by atoms with Gasteiger partial charge >= 0.3 is 18.5 Å². The fraction of sp³-hybridized carbons (Fsp3) is 0.333. The Balaban J connectivity index is 3.48. The molecular formula is C9H5F6NO4. The highest BCUT2D eigenvalue weighted by Gasteiger charge is 2.39. The number of halogens is 6. The minimum absolute atomic E-state index is 0.0149. The Morgan fingerprint density at radius 2 is 1.75 bits per heavy atom. The molecule has 20 heavy (non-hydrogen) atoms.